The molecule has 0 aliphatic rings. The lowest BCUT2D eigenvalue weighted by Crippen LogP contribution is -2.52. The topological polar surface area (TPSA) is 135 Å². The van der Waals surface area contributed by atoms with Crippen LogP contribution in [0, 0.1) is 0 Å². The van der Waals surface area contributed by atoms with Crippen molar-refractivity contribution in [2.45, 2.75) is 86.0 Å². The van der Waals surface area contributed by atoms with Gasteiger partial charge in [0.15, 0.2) is 16.6 Å². The van der Waals surface area contributed by atoms with Gasteiger partial charge in [0.25, 0.3) is 0 Å². The standard InChI is InChI=1S/C18H40N4O6Si3.2CH4/c1-15(23)16(24)21-22-18(26)17(25)20-12-10-14-30(5,6)28-31(7,8)27-29(3,4)13-9-11-19-2;;/h19H,9-14H2,1-8H3,(H,20,25)(H,21,24)(H,22,26);2*1H4. The molecule has 0 bridgehead atoms. The molecule has 0 saturated heterocycles. The molecule has 0 aliphatic heterocycles. The van der Waals surface area contributed by atoms with E-state index in [9.17, 15) is 19.2 Å². The number of hydrogen-bond acceptors (Lipinski definition) is 7. The van der Waals surface area contributed by atoms with Crippen LogP contribution in [0.25, 0.3) is 0 Å². The van der Waals surface area contributed by atoms with E-state index in [4.69, 9.17) is 8.23 Å². The molecule has 4 N–H and O–H groups in total. The molecule has 33 heavy (non-hydrogen) atoms. The van der Waals surface area contributed by atoms with Crippen LogP contribution in [0.1, 0.15) is 34.6 Å². The van der Waals surface area contributed by atoms with E-state index >= 15 is 0 Å². The molecule has 10 nitrogen and oxygen atoms in total. The molecule has 0 aromatic carbocycles. The normalized spacial score (nSPS) is 11.5. The lowest BCUT2D eigenvalue weighted by atomic mass is 10.4. The van der Waals surface area contributed by atoms with Gasteiger partial charge in [0.2, 0.25) is 5.78 Å². The number of carbonyl (C=O) groups excluding carboxylic acids is 4. The molecule has 0 aromatic rings. The van der Waals surface area contributed by atoms with Crippen molar-refractivity contribution in [2.75, 3.05) is 20.1 Å². The van der Waals surface area contributed by atoms with E-state index in [1.807, 2.05) is 17.9 Å². The number of carbonyl (C=O) groups is 4. The molecule has 0 saturated carbocycles. The van der Waals surface area contributed by atoms with Crippen LogP contribution in [-0.4, -0.2) is 68.8 Å². The van der Waals surface area contributed by atoms with Crippen LogP contribution in [0.5, 0.6) is 0 Å². The zero-order chi connectivity index (χ0) is 24.3. The minimum Gasteiger partial charge on any atom is -0.437 e. The van der Waals surface area contributed by atoms with Gasteiger partial charge in [-0.3, -0.25) is 30.0 Å². The van der Waals surface area contributed by atoms with Crippen LogP contribution in [-0.2, 0) is 27.4 Å². The van der Waals surface area contributed by atoms with Crippen LogP contribution in [0.4, 0.5) is 0 Å². The fraction of sp³-hybridized carbons (Fsp3) is 0.800. The zero-order valence-corrected chi connectivity index (χ0v) is 23.2. The average molecular weight is 525 g/mol. The van der Waals surface area contributed by atoms with Crippen molar-refractivity contribution in [1.82, 2.24) is 21.5 Å². The van der Waals surface area contributed by atoms with E-state index in [1.165, 1.54) is 0 Å². The second-order valence-electron chi connectivity index (χ2n) is 9.15. The van der Waals surface area contributed by atoms with Gasteiger partial charge in [-0.05, 0) is 77.8 Å². The van der Waals surface area contributed by atoms with Crippen molar-refractivity contribution in [2.24, 2.45) is 0 Å². The average Bonchev–Trinajstić information content (AvgIpc) is 2.60. The fourth-order valence-electron chi connectivity index (χ4n) is 3.20. The van der Waals surface area contributed by atoms with Gasteiger partial charge in [0, 0.05) is 13.5 Å². The van der Waals surface area contributed by atoms with Gasteiger partial charge < -0.3 is 18.9 Å². The molecule has 0 radical (unpaired) electrons. The summed E-state index contributed by atoms with van der Waals surface area (Å²) in [5.41, 5.74) is 3.76. The van der Waals surface area contributed by atoms with Gasteiger partial charge in [0.1, 0.15) is 0 Å². The summed E-state index contributed by atoms with van der Waals surface area (Å²) < 4.78 is 13.0. The third-order valence-corrected chi connectivity index (χ3v) is 15.8. The predicted octanol–water partition coefficient (Wildman–Crippen LogP) is 2.26. The largest absolute Gasteiger partial charge is 0.437 e. The van der Waals surface area contributed by atoms with Crippen molar-refractivity contribution >= 4 is 48.7 Å². The molecule has 3 amide bonds. The predicted molar refractivity (Wildman–Crippen MR) is 141 cm³/mol. The van der Waals surface area contributed by atoms with E-state index in [2.05, 4.69) is 49.9 Å². The first kappa shape index (κ1) is 36.2. The summed E-state index contributed by atoms with van der Waals surface area (Å²) in [5, 5.41) is 5.67. The zero-order valence-electron chi connectivity index (χ0n) is 20.2. The van der Waals surface area contributed by atoms with Gasteiger partial charge in [-0.1, -0.05) is 14.9 Å². The van der Waals surface area contributed by atoms with E-state index in [-0.39, 0.29) is 14.9 Å². The maximum absolute atomic E-state index is 11.8. The Morgan fingerprint density at radius 1 is 0.697 bits per heavy atom. The minimum atomic E-state index is -2.28. The highest BCUT2D eigenvalue weighted by Crippen LogP contribution is 2.25. The van der Waals surface area contributed by atoms with Gasteiger partial charge in [-0.2, -0.15) is 0 Å². The molecular formula is C20H48N4O6Si3. The fourth-order valence-corrected chi connectivity index (χ4v) is 17.3. The number of nitrogens with one attached hydrogen (secondary N) is 4. The Bertz CT molecular complexity index is 645. The SMILES string of the molecule is C.C.CNCCC[Si](C)(C)O[Si](C)(C)O[Si](C)(C)CCCNC(=O)C(=O)NNC(=O)C(C)=O. The molecule has 13 heteroatoms. The number of ketones is 1. The van der Waals surface area contributed by atoms with E-state index in [0.717, 1.165) is 32.0 Å². The third-order valence-electron chi connectivity index (χ3n) is 4.31. The van der Waals surface area contributed by atoms with Crippen LogP contribution >= 0.6 is 0 Å². The molecule has 0 heterocycles. The summed E-state index contributed by atoms with van der Waals surface area (Å²) in [5.74, 6) is -3.67. The molecule has 0 aliphatic carbocycles. The summed E-state index contributed by atoms with van der Waals surface area (Å²) in [6.07, 6.45) is 1.75. The van der Waals surface area contributed by atoms with E-state index < -0.39 is 48.7 Å². The van der Waals surface area contributed by atoms with Gasteiger partial charge in [0.05, 0.1) is 0 Å². The summed E-state index contributed by atoms with van der Waals surface area (Å²) >= 11 is 0. The smallest absolute Gasteiger partial charge is 0.327 e. The number of hydrazine groups is 1. The van der Waals surface area contributed by atoms with Crippen LogP contribution in [0.15, 0.2) is 0 Å². The molecular weight excluding hydrogens is 477 g/mol. The van der Waals surface area contributed by atoms with Crippen LogP contribution in [0.3, 0.4) is 0 Å². The number of hydrogen-bond donors (Lipinski definition) is 4. The Balaban J connectivity index is -0.00000450. The molecule has 0 unspecified atom stereocenters. The monoisotopic (exact) mass is 524 g/mol. The first-order valence-electron chi connectivity index (χ1n) is 10.5. The molecule has 0 spiro atoms. The Hall–Kier alpha value is -1.39. The molecule has 196 valence electrons. The van der Waals surface area contributed by atoms with Gasteiger partial charge in [-0.15, -0.1) is 0 Å². The molecule has 0 fully saturated rings. The quantitative estimate of drug-likeness (QED) is 0.126. The Morgan fingerprint density at radius 3 is 1.55 bits per heavy atom. The van der Waals surface area contributed by atoms with Crippen molar-refractivity contribution < 1.29 is 27.4 Å². The van der Waals surface area contributed by atoms with Crippen molar-refractivity contribution in [3.63, 3.8) is 0 Å². The first-order valence-corrected chi connectivity index (χ1v) is 19.6. The minimum absolute atomic E-state index is 0. The summed E-state index contributed by atoms with van der Waals surface area (Å²) in [6, 6.07) is 1.88. The van der Waals surface area contributed by atoms with Crippen LogP contribution in [0.2, 0.25) is 51.4 Å². The van der Waals surface area contributed by atoms with Crippen molar-refractivity contribution in [3.8, 4) is 0 Å². The summed E-state index contributed by atoms with van der Waals surface area (Å²) in [7, 11) is -4.15. The molecule has 0 atom stereocenters. The third kappa shape index (κ3) is 17.7. The summed E-state index contributed by atoms with van der Waals surface area (Å²) in [6.45, 7) is 15.3. The highest BCUT2D eigenvalue weighted by Gasteiger charge is 2.39. The first-order chi connectivity index (χ1) is 14.1. The lowest BCUT2D eigenvalue weighted by Gasteiger charge is -2.38. The highest BCUT2D eigenvalue weighted by molar-refractivity contribution is 6.87. The van der Waals surface area contributed by atoms with Crippen molar-refractivity contribution in [3.05, 3.63) is 0 Å². The Kier molecular flexibility index (Phi) is 17.8. The number of amides is 3. The number of rotatable bonds is 13. The number of Topliss-reactive ketones (excluding diaryl/α,β-unsaturated/α-hetero) is 1. The Morgan fingerprint density at radius 2 is 1.12 bits per heavy atom. The second-order valence-corrected chi connectivity index (χ2v) is 21.6. The van der Waals surface area contributed by atoms with Crippen LogP contribution < -0.4 is 21.5 Å². The Labute approximate surface area is 203 Å². The molecule has 0 aromatic heterocycles. The molecule has 0 rings (SSSR count). The van der Waals surface area contributed by atoms with Crippen molar-refractivity contribution in [1.29, 1.82) is 0 Å². The van der Waals surface area contributed by atoms with E-state index in [1.54, 1.807) is 0 Å². The summed E-state index contributed by atoms with van der Waals surface area (Å²) in [4.78, 5) is 45.2. The maximum atomic E-state index is 11.8. The second kappa shape index (κ2) is 16.3. The highest BCUT2D eigenvalue weighted by atomic mass is 28.5. The van der Waals surface area contributed by atoms with Gasteiger partial charge >= 0.3 is 26.3 Å². The maximum Gasteiger partial charge on any atom is 0.327 e. The van der Waals surface area contributed by atoms with E-state index in [0.29, 0.717) is 13.0 Å². The lowest BCUT2D eigenvalue weighted by molar-refractivity contribution is -0.142. The van der Waals surface area contributed by atoms with Gasteiger partial charge in [-0.25, -0.2) is 0 Å².